The van der Waals surface area contributed by atoms with Crippen LogP contribution in [-0.4, -0.2) is 58.3 Å². The fourth-order valence-electron chi connectivity index (χ4n) is 2.57. The van der Waals surface area contributed by atoms with E-state index in [1.54, 1.807) is 22.0 Å². The van der Waals surface area contributed by atoms with Gasteiger partial charge in [-0.1, -0.05) is 0 Å². The fourth-order valence-corrected chi connectivity index (χ4v) is 3.10. The summed E-state index contributed by atoms with van der Waals surface area (Å²) in [5.74, 6) is -0.295. The highest BCUT2D eigenvalue weighted by Crippen LogP contribution is 2.20. The number of carbonyl (C=O) groups excluding carboxylic acids is 2. The molecule has 3 heterocycles. The minimum absolute atomic E-state index is 0.0477. The number of nitrogens with zero attached hydrogens (tertiary/aromatic N) is 4. The SMILES string of the molecule is COCC(=O)N1Cc2ccnn2[C@H](CNC(=O)c2cscn2)C1. The predicted molar refractivity (Wildman–Crippen MR) is 83.0 cm³/mol. The van der Waals surface area contributed by atoms with E-state index >= 15 is 0 Å². The molecule has 9 heteroatoms. The molecule has 0 bridgehead atoms. The van der Waals surface area contributed by atoms with E-state index in [4.69, 9.17) is 4.74 Å². The molecule has 1 aliphatic rings. The molecule has 0 saturated carbocycles. The Hall–Kier alpha value is -2.26. The van der Waals surface area contributed by atoms with Gasteiger partial charge in [0, 0.05) is 31.8 Å². The average molecular weight is 335 g/mol. The van der Waals surface area contributed by atoms with E-state index in [0.717, 1.165) is 5.69 Å². The van der Waals surface area contributed by atoms with Gasteiger partial charge in [-0.15, -0.1) is 11.3 Å². The summed E-state index contributed by atoms with van der Waals surface area (Å²) in [6, 6.07) is 1.76. The third-order valence-electron chi connectivity index (χ3n) is 3.67. The van der Waals surface area contributed by atoms with Gasteiger partial charge in [0.15, 0.2) is 0 Å². The van der Waals surface area contributed by atoms with Gasteiger partial charge in [-0.3, -0.25) is 14.3 Å². The van der Waals surface area contributed by atoms with Crippen LogP contribution in [0.5, 0.6) is 0 Å². The number of nitrogens with one attached hydrogen (secondary N) is 1. The van der Waals surface area contributed by atoms with Gasteiger partial charge >= 0.3 is 0 Å². The fraction of sp³-hybridized carbons (Fsp3) is 0.429. The largest absolute Gasteiger partial charge is 0.375 e. The second-order valence-electron chi connectivity index (χ2n) is 5.21. The van der Waals surface area contributed by atoms with Crippen molar-refractivity contribution in [2.75, 3.05) is 26.8 Å². The Bertz CT molecular complexity index is 684. The van der Waals surface area contributed by atoms with Crippen molar-refractivity contribution < 1.29 is 14.3 Å². The lowest BCUT2D eigenvalue weighted by atomic mass is 10.2. The molecule has 1 N–H and O–H groups in total. The van der Waals surface area contributed by atoms with Gasteiger partial charge in [0.2, 0.25) is 5.91 Å². The lowest BCUT2D eigenvalue weighted by Crippen LogP contribution is -2.46. The number of aromatic nitrogens is 3. The van der Waals surface area contributed by atoms with Crippen molar-refractivity contribution in [3.8, 4) is 0 Å². The minimum Gasteiger partial charge on any atom is -0.375 e. The zero-order chi connectivity index (χ0) is 16.2. The molecule has 122 valence electrons. The van der Waals surface area contributed by atoms with Gasteiger partial charge in [0.25, 0.3) is 5.91 Å². The average Bonchev–Trinajstić information content (AvgIpc) is 3.23. The Kier molecular flexibility index (Phi) is 4.68. The predicted octanol–water partition coefficient (Wildman–Crippen LogP) is 0.299. The molecule has 0 aromatic carbocycles. The van der Waals surface area contributed by atoms with Crippen molar-refractivity contribution in [2.24, 2.45) is 0 Å². The van der Waals surface area contributed by atoms with Gasteiger partial charge < -0.3 is 15.0 Å². The van der Waals surface area contributed by atoms with Crippen molar-refractivity contribution in [3.05, 3.63) is 34.5 Å². The molecule has 2 aromatic heterocycles. The first-order valence-electron chi connectivity index (χ1n) is 7.14. The Morgan fingerprint density at radius 2 is 2.39 bits per heavy atom. The summed E-state index contributed by atoms with van der Waals surface area (Å²) >= 11 is 1.37. The van der Waals surface area contributed by atoms with Crippen LogP contribution in [0.1, 0.15) is 22.2 Å². The van der Waals surface area contributed by atoms with E-state index in [1.165, 1.54) is 18.4 Å². The highest BCUT2D eigenvalue weighted by atomic mass is 32.1. The van der Waals surface area contributed by atoms with Crippen molar-refractivity contribution in [1.29, 1.82) is 0 Å². The van der Waals surface area contributed by atoms with Crippen molar-refractivity contribution in [3.63, 3.8) is 0 Å². The number of amides is 2. The topological polar surface area (TPSA) is 89.4 Å². The molecule has 2 amide bonds. The summed E-state index contributed by atoms with van der Waals surface area (Å²) in [4.78, 5) is 29.8. The number of methoxy groups -OCH3 is 1. The molecule has 1 aliphatic heterocycles. The van der Waals surface area contributed by atoms with Crippen LogP contribution < -0.4 is 5.32 Å². The third-order valence-corrected chi connectivity index (χ3v) is 4.25. The van der Waals surface area contributed by atoms with Crippen LogP contribution in [0.15, 0.2) is 23.2 Å². The molecule has 0 aliphatic carbocycles. The van der Waals surface area contributed by atoms with Crippen LogP contribution in [0.3, 0.4) is 0 Å². The van der Waals surface area contributed by atoms with Crippen LogP contribution in [0.25, 0.3) is 0 Å². The number of rotatable bonds is 5. The molecule has 0 saturated heterocycles. The van der Waals surface area contributed by atoms with Crippen molar-refractivity contribution in [2.45, 2.75) is 12.6 Å². The molecule has 0 fully saturated rings. The van der Waals surface area contributed by atoms with Gasteiger partial charge in [-0.2, -0.15) is 5.10 Å². The quantitative estimate of drug-likeness (QED) is 0.849. The van der Waals surface area contributed by atoms with E-state index in [9.17, 15) is 9.59 Å². The Morgan fingerprint density at radius 1 is 1.52 bits per heavy atom. The normalized spacial score (nSPS) is 16.9. The van der Waals surface area contributed by atoms with Crippen LogP contribution in [0, 0.1) is 0 Å². The van der Waals surface area contributed by atoms with Crippen LogP contribution >= 0.6 is 11.3 Å². The molecule has 8 nitrogen and oxygen atoms in total. The van der Waals surface area contributed by atoms with Gasteiger partial charge in [0.1, 0.15) is 12.3 Å². The Morgan fingerprint density at radius 3 is 3.13 bits per heavy atom. The number of hydrogen-bond donors (Lipinski definition) is 1. The number of thiazole rings is 1. The lowest BCUT2D eigenvalue weighted by Gasteiger charge is -2.33. The first-order valence-corrected chi connectivity index (χ1v) is 8.09. The molecule has 0 radical (unpaired) electrons. The zero-order valence-corrected chi connectivity index (χ0v) is 13.5. The molecular formula is C14H17N5O3S. The summed E-state index contributed by atoms with van der Waals surface area (Å²) in [6.45, 7) is 1.40. The summed E-state index contributed by atoms with van der Waals surface area (Å²) in [5, 5.41) is 8.85. The summed E-state index contributed by atoms with van der Waals surface area (Å²) in [6.07, 6.45) is 1.70. The number of hydrogen-bond acceptors (Lipinski definition) is 6. The van der Waals surface area contributed by atoms with E-state index < -0.39 is 0 Å². The van der Waals surface area contributed by atoms with E-state index in [1.807, 2.05) is 10.7 Å². The molecule has 3 rings (SSSR count). The molecule has 23 heavy (non-hydrogen) atoms. The Labute approximate surface area is 137 Å². The molecule has 2 aromatic rings. The van der Waals surface area contributed by atoms with Crippen LogP contribution in [-0.2, 0) is 16.1 Å². The molecule has 0 spiro atoms. The molecular weight excluding hydrogens is 318 g/mol. The first kappa shape index (κ1) is 15.6. The standard InChI is InChI=1S/C14H17N5O3S/c1-22-7-13(20)18-5-10-2-3-17-19(10)11(6-18)4-15-14(21)12-8-23-9-16-12/h2-3,8-9,11H,4-7H2,1H3,(H,15,21)/t11-/m1/s1. The second-order valence-corrected chi connectivity index (χ2v) is 5.93. The maximum absolute atomic E-state index is 12.1. The van der Waals surface area contributed by atoms with Crippen molar-refractivity contribution >= 4 is 23.2 Å². The molecule has 1 atom stereocenters. The lowest BCUT2D eigenvalue weighted by molar-refractivity contribution is -0.137. The summed E-state index contributed by atoms with van der Waals surface area (Å²) < 4.78 is 6.78. The highest BCUT2D eigenvalue weighted by molar-refractivity contribution is 7.07. The summed E-state index contributed by atoms with van der Waals surface area (Å²) in [7, 11) is 1.50. The number of fused-ring (bicyclic) bond motifs is 1. The maximum atomic E-state index is 12.1. The maximum Gasteiger partial charge on any atom is 0.270 e. The zero-order valence-electron chi connectivity index (χ0n) is 12.6. The van der Waals surface area contributed by atoms with Gasteiger partial charge in [-0.05, 0) is 6.07 Å². The number of ether oxygens (including phenoxy) is 1. The van der Waals surface area contributed by atoms with Gasteiger partial charge in [0.05, 0.1) is 23.8 Å². The summed E-state index contributed by atoms with van der Waals surface area (Å²) in [5.41, 5.74) is 2.96. The molecule has 0 unspecified atom stereocenters. The van der Waals surface area contributed by atoms with Crippen LogP contribution in [0.2, 0.25) is 0 Å². The van der Waals surface area contributed by atoms with E-state index in [-0.39, 0.29) is 24.5 Å². The van der Waals surface area contributed by atoms with Crippen LogP contribution in [0.4, 0.5) is 0 Å². The monoisotopic (exact) mass is 335 g/mol. The smallest absolute Gasteiger partial charge is 0.270 e. The van der Waals surface area contributed by atoms with Crippen molar-refractivity contribution in [1.82, 2.24) is 25.0 Å². The highest BCUT2D eigenvalue weighted by Gasteiger charge is 2.28. The number of carbonyl (C=O) groups is 2. The minimum atomic E-state index is -0.222. The first-order chi connectivity index (χ1) is 11.2. The second kappa shape index (κ2) is 6.88. The van der Waals surface area contributed by atoms with E-state index in [0.29, 0.717) is 25.3 Å². The van der Waals surface area contributed by atoms with Gasteiger partial charge in [-0.25, -0.2) is 4.98 Å². The van der Waals surface area contributed by atoms with E-state index in [2.05, 4.69) is 15.4 Å². The third kappa shape index (κ3) is 3.40. The Balaban J connectivity index is 1.68.